The normalized spacial score (nSPS) is 14.7. The molecule has 0 saturated carbocycles. The van der Waals surface area contributed by atoms with Crippen LogP contribution in [0.15, 0.2) is 65.6 Å². The van der Waals surface area contributed by atoms with Crippen LogP contribution in [0.2, 0.25) is 0 Å². The number of piperidine rings is 1. The summed E-state index contributed by atoms with van der Waals surface area (Å²) in [5.74, 6) is 1.39. The quantitative estimate of drug-likeness (QED) is 0.420. The third-order valence-corrected chi connectivity index (χ3v) is 6.43. The number of aromatic amines is 1. The standard InChI is InChI=1S/C27H29N5O3/c1-34-20-15-22-24(23(16-20)35-2)27(33)31-26(30-22)25-21(9-6-12-28-25)29-19-10-13-32(14-11-19)17-18-7-4-3-5-8-18/h3-9,12,15-16,19,29H,10-11,13-14,17H2,1-2H3,(H,30,31,33). The second-order valence-corrected chi connectivity index (χ2v) is 8.72. The van der Waals surface area contributed by atoms with Crippen molar-refractivity contribution < 1.29 is 9.47 Å². The molecule has 0 radical (unpaired) electrons. The average molecular weight is 472 g/mol. The minimum atomic E-state index is -0.282. The van der Waals surface area contributed by atoms with Crippen LogP contribution in [0.1, 0.15) is 18.4 Å². The van der Waals surface area contributed by atoms with Crippen molar-refractivity contribution in [1.82, 2.24) is 19.9 Å². The summed E-state index contributed by atoms with van der Waals surface area (Å²) in [6.07, 6.45) is 3.76. The number of pyridine rings is 1. The predicted molar refractivity (Wildman–Crippen MR) is 137 cm³/mol. The van der Waals surface area contributed by atoms with Crippen molar-refractivity contribution in [2.24, 2.45) is 0 Å². The zero-order valence-electron chi connectivity index (χ0n) is 20.0. The molecule has 3 heterocycles. The van der Waals surface area contributed by atoms with Crippen molar-refractivity contribution in [2.45, 2.75) is 25.4 Å². The van der Waals surface area contributed by atoms with Gasteiger partial charge in [-0.2, -0.15) is 0 Å². The second kappa shape index (κ2) is 10.1. The lowest BCUT2D eigenvalue weighted by Gasteiger charge is -2.33. The van der Waals surface area contributed by atoms with Gasteiger partial charge in [-0.1, -0.05) is 30.3 Å². The maximum Gasteiger partial charge on any atom is 0.262 e. The van der Waals surface area contributed by atoms with E-state index in [-0.39, 0.29) is 5.56 Å². The van der Waals surface area contributed by atoms with Crippen molar-refractivity contribution in [1.29, 1.82) is 0 Å². The molecule has 1 aliphatic heterocycles. The summed E-state index contributed by atoms with van der Waals surface area (Å²) in [5, 5.41) is 4.03. The van der Waals surface area contributed by atoms with Gasteiger partial charge in [0, 0.05) is 44.0 Å². The molecule has 35 heavy (non-hydrogen) atoms. The van der Waals surface area contributed by atoms with Gasteiger partial charge in [-0.25, -0.2) is 4.98 Å². The van der Waals surface area contributed by atoms with Crippen molar-refractivity contribution >= 4 is 16.6 Å². The van der Waals surface area contributed by atoms with E-state index in [1.807, 2.05) is 12.1 Å². The first-order chi connectivity index (χ1) is 17.1. The third-order valence-electron chi connectivity index (χ3n) is 6.43. The molecule has 0 amide bonds. The van der Waals surface area contributed by atoms with E-state index in [1.165, 1.54) is 12.7 Å². The highest BCUT2D eigenvalue weighted by molar-refractivity contribution is 5.87. The van der Waals surface area contributed by atoms with Crippen LogP contribution in [0.5, 0.6) is 11.5 Å². The second-order valence-electron chi connectivity index (χ2n) is 8.72. The molecule has 2 N–H and O–H groups in total. The van der Waals surface area contributed by atoms with E-state index >= 15 is 0 Å². The number of ether oxygens (including phenoxy) is 2. The molecule has 0 spiro atoms. The van der Waals surface area contributed by atoms with E-state index in [0.29, 0.717) is 40.0 Å². The topological polar surface area (TPSA) is 92.4 Å². The van der Waals surface area contributed by atoms with Gasteiger partial charge in [-0.3, -0.25) is 14.7 Å². The summed E-state index contributed by atoms with van der Waals surface area (Å²) < 4.78 is 10.8. The Bertz CT molecular complexity index is 1360. The van der Waals surface area contributed by atoms with E-state index in [2.05, 4.69) is 50.5 Å². The van der Waals surface area contributed by atoms with Crippen LogP contribution in [-0.2, 0) is 6.54 Å². The first-order valence-electron chi connectivity index (χ1n) is 11.8. The largest absolute Gasteiger partial charge is 0.497 e. The van der Waals surface area contributed by atoms with Crippen LogP contribution in [-0.4, -0.2) is 53.2 Å². The van der Waals surface area contributed by atoms with Crippen LogP contribution in [0.25, 0.3) is 22.4 Å². The molecule has 8 heteroatoms. The van der Waals surface area contributed by atoms with Gasteiger partial charge in [0.15, 0.2) is 5.82 Å². The van der Waals surface area contributed by atoms with Crippen LogP contribution < -0.4 is 20.3 Å². The van der Waals surface area contributed by atoms with Gasteiger partial charge in [0.2, 0.25) is 0 Å². The fraction of sp³-hybridized carbons (Fsp3) is 0.296. The minimum absolute atomic E-state index is 0.282. The molecule has 180 valence electrons. The van der Waals surface area contributed by atoms with Crippen LogP contribution in [0.4, 0.5) is 5.69 Å². The molecule has 2 aromatic heterocycles. The number of methoxy groups -OCH3 is 2. The molecule has 0 aliphatic carbocycles. The molecule has 1 saturated heterocycles. The zero-order chi connectivity index (χ0) is 24.2. The number of H-pyrrole nitrogens is 1. The maximum absolute atomic E-state index is 13.0. The summed E-state index contributed by atoms with van der Waals surface area (Å²) in [6.45, 7) is 3.01. The van der Waals surface area contributed by atoms with Crippen molar-refractivity contribution in [2.75, 3.05) is 32.6 Å². The highest BCUT2D eigenvalue weighted by atomic mass is 16.5. The smallest absolute Gasteiger partial charge is 0.262 e. The Balaban J connectivity index is 1.37. The van der Waals surface area contributed by atoms with Crippen LogP contribution >= 0.6 is 0 Å². The first-order valence-corrected chi connectivity index (χ1v) is 11.8. The highest BCUT2D eigenvalue weighted by Crippen LogP contribution is 2.30. The lowest BCUT2D eigenvalue weighted by atomic mass is 10.0. The zero-order valence-corrected chi connectivity index (χ0v) is 20.0. The highest BCUT2D eigenvalue weighted by Gasteiger charge is 2.21. The van der Waals surface area contributed by atoms with E-state index in [9.17, 15) is 4.79 Å². The van der Waals surface area contributed by atoms with Gasteiger partial charge in [0.1, 0.15) is 22.6 Å². The Morgan fingerprint density at radius 2 is 1.86 bits per heavy atom. The number of likely N-dealkylation sites (tertiary alicyclic amines) is 1. The van der Waals surface area contributed by atoms with E-state index in [4.69, 9.17) is 14.5 Å². The Morgan fingerprint density at radius 3 is 2.60 bits per heavy atom. The van der Waals surface area contributed by atoms with Gasteiger partial charge in [0.05, 0.1) is 25.4 Å². The fourth-order valence-corrected chi connectivity index (χ4v) is 4.61. The molecule has 4 aromatic rings. The maximum atomic E-state index is 13.0. The summed E-state index contributed by atoms with van der Waals surface area (Å²) in [4.78, 5) is 27.6. The summed E-state index contributed by atoms with van der Waals surface area (Å²) in [7, 11) is 3.09. The summed E-state index contributed by atoms with van der Waals surface area (Å²) >= 11 is 0. The Labute approximate surface area is 203 Å². The number of benzene rings is 2. The monoisotopic (exact) mass is 471 g/mol. The predicted octanol–water partition coefficient (Wildman–Crippen LogP) is 4.08. The van der Waals surface area contributed by atoms with Crippen molar-refractivity contribution in [3.05, 3.63) is 76.7 Å². The van der Waals surface area contributed by atoms with E-state index in [1.54, 1.807) is 25.4 Å². The van der Waals surface area contributed by atoms with Gasteiger partial charge >= 0.3 is 0 Å². The van der Waals surface area contributed by atoms with E-state index < -0.39 is 0 Å². The molecule has 0 atom stereocenters. The average Bonchev–Trinajstić information content (AvgIpc) is 2.90. The minimum Gasteiger partial charge on any atom is -0.497 e. The number of nitrogens with zero attached hydrogens (tertiary/aromatic N) is 3. The van der Waals surface area contributed by atoms with Crippen molar-refractivity contribution in [3.63, 3.8) is 0 Å². The third kappa shape index (κ3) is 4.97. The number of rotatable bonds is 7. The lowest BCUT2D eigenvalue weighted by molar-refractivity contribution is 0.211. The van der Waals surface area contributed by atoms with Gasteiger partial charge in [-0.05, 0) is 30.5 Å². The fourth-order valence-electron chi connectivity index (χ4n) is 4.61. The van der Waals surface area contributed by atoms with Gasteiger partial charge < -0.3 is 19.8 Å². The first kappa shape index (κ1) is 22.9. The lowest BCUT2D eigenvalue weighted by Crippen LogP contribution is -2.38. The molecule has 0 bridgehead atoms. The van der Waals surface area contributed by atoms with Crippen LogP contribution in [0.3, 0.4) is 0 Å². The molecule has 8 nitrogen and oxygen atoms in total. The molecule has 1 fully saturated rings. The Hall–Kier alpha value is -3.91. The molecular weight excluding hydrogens is 442 g/mol. The van der Waals surface area contributed by atoms with E-state index in [0.717, 1.165) is 38.2 Å². The SMILES string of the molecule is COc1cc(OC)c2c(=O)[nH]c(-c3ncccc3NC3CCN(Cc4ccccc4)CC3)nc2c1. The number of anilines is 1. The van der Waals surface area contributed by atoms with Gasteiger partial charge in [-0.15, -0.1) is 0 Å². The summed E-state index contributed by atoms with van der Waals surface area (Å²) in [5.41, 5.74) is 3.01. The Morgan fingerprint density at radius 1 is 1.06 bits per heavy atom. The molecular formula is C27H29N5O3. The summed E-state index contributed by atoms with van der Waals surface area (Å²) in [6, 6.07) is 18.2. The Kier molecular flexibility index (Phi) is 6.63. The molecule has 2 aromatic carbocycles. The number of fused-ring (bicyclic) bond motifs is 1. The van der Waals surface area contributed by atoms with Gasteiger partial charge in [0.25, 0.3) is 5.56 Å². The number of hydrogen-bond acceptors (Lipinski definition) is 7. The van der Waals surface area contributed by atoms with Crippen molar-refractivity contribution in [3.8, 4) is 23.0 Å². The number of nitrogens with one attached hydrogen (secondary N) is 2. The number of aromatic nitrogens is 3. The molecule has 0 unspecified atom stereocenters. The van der Waals surface area contributed by atoms with Crippen LogP contribution in [0, 0.1) is 0 Å². The molecule has 1 aliphatic rings. The molecule has 5 rings (SSSR count). The number of hydrogen-bond donors (Lipinski definition) is 2.